The van der Waals surface area contributed by atoms with Crippen molar-refractivity contribution in [2.24, 2.45) is 17.3 Å². The summed E-state index contributed by atoms with van der Waals surface area (Å²) in [6.07, 6.45) is 0. The van der Waals surface area contributed by atoms with Crippen molar-refractivity contribution in [1.29, 1.82) is 0 Å². The third-order valence-corrected chi connectivity index (χ3v) is 5.08. The molecule has 0 spiro atoms. The van der Waals surface area contributed by atoms with Gasteiger partial charge >= 0.3 is 5.91 Å². The number of aryl methyl sites for hydroxylation is 2. The van der Waals surface area contributed by atoms with Crippen molar-refractivity contribution in [3.8, 4) is 11.6 Å². The number of hydrogen-bond donors (Lipinski definition) is 1. The van der Waals surface area contributed by atoms with E-state index in [-0.39, 0.29) is 18.2 Å². The van der Waals surface area contributed by atoms with Gasteiger partial charge in [0.25, 0.3) is 0 Å². The minimum Gasteiger partial charge on any atom is -0.493 e. The highest BCUT2D eigenvalue weighted by Crippen LogP contribution is 2.39. The lowest BCUT2D eigenvalue weighted by Crippen LogP contribution is -2.08. The standard InChI is InChI=1S/C21H22BrN3O3/c1-12(2)14-5-8-18(13(3)9-14)28-11-19(26)23-24-20-16-10-15(22)6-7-17(16)25(4)21(20)27/h5-10,12,27H,11H2,1-4H3. The zero-order chi connectivity index (χ0) is 20.4. The van der Waals surface area contributed by atoms with E-state index in [0.717, 1.165) is 15.6 Å². The number of azo groups is 1. The van der Waals surface area contributed by atoms with E-state index in [1.165, 1.54) is 5.56 Å². The number of aromatic nitrogens is 1. The minimum absolute atomic E-state index is 0.0503. The first-order valence-corrected chi connectivity index (χ1v) is 9.72. The zero-order valence-corrected chi connectivity index (χ0v) is 17.8. The van der Waals surface area contributed by atoms with Gasteiger partial charge in [0.05, 0.1) is 5.52 Å². The summed E-state index contributed by atoms with van der Waals surface area (Å²) in [4.78, 5) is 12.1. The van der Waals surface area contributed by atoms with Crippen LogP contribution in [0.3, 0.4) is 0 Å². The third-order valence-electron chi connectivity index (χ3n) is 4.58. The van der Waals surface area contributed by atoms with Gasteiger partial charge in [-0.2, -0.15) is 0 Å². The van der Waals surface area contributed by atoms with Gasteiger partial charge in [-0.05, 0) is 48.2 Å². The van der Waals surface area contributed by atoms with Crippen molar-refractivity contribution in [2.45, 2.75) is 26.7 Å². The molecule has 0 saturated carbocycles. The number of halogens is 1. The molecule has 0 aliphatic rings. The number of ether oxygens (including phenoxy) is 1. The van der Waals surface area contributed by atoms with Crippen LogP contribution in [0.1, 0.15) is 30.9 Å². The number of amides is 1. The summed E-state index contributed by atoms with van der Waals surface area (Å²) < 4.78 is 8.02. The summed E-state index contributed by atoms with van der Waals surface area (Å²) in [7, 11) is 1.72. The average molecular weight is 444 g/mol. The number of carbonyl (C=O) groups is 1. The maximum Gasteiger partial charge on any atom is 0.302 e. The second-order valence-corrected chi connectivity index (χ2v) is 7.87. The third kappa shape index (κ3) is 4.09. The van der Waals surface area contributed by atoms with Crippen molar-refractivity contribution in [3.63, 3.8) is 0 Å². The molecule has 2 aromatic carbocycles. The first-order chi connectivity index (χ1) is 13.3. The SMILES string of the molecule is Cc1cc(C(C)C)ccc1OCC(=O)N=Nc1c(O)n(C)c2ccc(Br)cc12. The molecule has 0 bridgehead atoms. The Bertz CT molecular complexity index is 1070. The summed E-state index contributed by atoms with van der Waals surface area (Å²) in [5, 5.41) is 18.7. The predicted octanol–water partition coefficient (Wildman–Crippen LogP) is 5.77. The molecule has 1 N–H and O–H groups in total. The van der Waals surface area contributed by atoms with Gasteiger partial charge in [0.2, 0.25) is 5.88 Å². The first-order valence-electron chi connectivity index (χ1n) is 8.92. The molecule has 0 radical (unpaired) electrons. The van der Waals surface area contributed by atoms with Crippen molar-refractivity contribution in [2.75, 3.05) is 6.61 Å². The second kappa shape index (κ2) is 8.14. The molecule has 146 valence electrons. The molecule has 1 aromatic heterocycles. The molecule has 28 heavy (non-hydrogen) atoms. The van der Waals surface area contributed by atoms with Crippen LogP contribution in [0.2, 0.25) is 0 Å². The van der Waals surface area contributed by atoms with Gasteiger partial charge < -0.3 is 14.4 Å². The van der Waals surface area contributed by atoms with Crippen LogP contribution in [0.15, 0.2) is 51.1 Å². The molecule has 0 atom stereocenters. The van der Waals surface area contributed by atoms with Crippen LogP contribution >= 0.6 is 15.9 Å². The number of fused-ring (bicyclic) bond motifs is 1. The fraction of sp³-hybridized carbons (Fsp3) is 0.286. The zero-order valence-electron chi connectivity index (χ0n) is 16.2. The van der Waals surface area contributed by atoms with Crippen LogP contribution in [-0.2, 0) is 11.8 Å². The van der Waals surface area contributed by atoms with E-state index in [1.807, 2.05) is 37.3 Å². The highest BCUT2D eigenvalue weighted by atomic mass is 79.9. The Hall–Kier alpha value is -2.67. The molecule has 7 heteroatoms. The van der Waals surface area contributed by atoms with Gasteiger partial charge in [-0.15, -0.1) is 10.2 Å². The molecular formula is C21H22BrN3O3. The average Bonchev–Trinajstić information content (AvgIpc) is 2.88. The van der Waals surface area contributed by atoms with Gasteiger partial charge in [0.1, 0.15) is 5.75 Å². The lowest BCUT2D eigenvalue weighted by Gasteiger charge is -2.11. The largest absolute Gasteiger partial charge is 0.493 e. The Kier molecular flexibility index (Phi) is 5.84. The molecule has 1 amide bonds. The molecule has 0 aliphatic carbocycles. The van der Waals surface area contributed by atoms with E-state index >= 15 is 0 Å². The number of nitrogens with zero attached hydrogens (tertiary/aromatic N) is 3. The lowest BCUT2D eigenvalue weighted by molar-refractivity contribution is -0.120. The molecule has 3 aromatic rings. The normalized spacial score (nSPS) is 11.6. The number of rotatable bonds is 5. The fourth-order valence-electron chi connectivity index (χ4n) is 2.95. The van der Waals surface area contributed by atoms with Crippen LogP contribution in [-0.4, -0.2) is 22.2 Å². The monoisotopic (exact) mass is 443 g/mol. The van der Waals surface area contributed by atoms with Crippen molar-refractivity contribution in [1.82, 2.24) is 4.57 Å². The summed E-state index contributed by atoms with van der Waals surface area (Å²) >= 11 is 3.40. The van der Waals surface area contributed by atoms with E-state index in [9.17, 15) is 9.90 Å². The van der Waals surface area contributed by atoms with Crippen LogP contribution in [0.5, 0.6) is 11.6 Å². The number of hydrogen-bond acceptors (Lipinski definition) is 4. The molecule has 0 saturated heterocycles. The molecule has 3 rings (SSSR count). The smallest absolute Gasteiger partial charge is 0.302 e. The van der Waals surface area contributed by atoms with E-state index in [4.69, 9.17) is 4.74 Å². The van der Waals surface area contributed by atoms with Gasteiger partial charge in [-0.25, -0.2) is 0 Å². The van der Waals surface area contributed by atoms with Gasteiger partial charge in [-0.3, -0.25) is 4.79 Å². The number of carbonyl (C=O) groups excluding carboxylic acids is 1. The topological polar surface area (TPSA) is 76.2 Å². The predicted molar refractivity (Wildman–Crippen MR) is 113 cm³/mol. The highest BCUT2D eigenvalue weighted by Gasteiger charge is 2.15. The molecule has 6 nitrogen and oxygen atoms in total. The van der Waals surface area contributed by atoms with Crippen LogP contribution in [0, 0.1) is 6.92 Å². The second-order valence-electron chi connectivity index (χ2n) is 6.95. The first kappa shape index (κ1) is 20.1. The van der Waals surface area contributed by atoms with E-state index in [0.29, 0.717) is 17.1 Å². The summed E-state index contributed by atoms with van der Waals surface area (Å²) in [5.41, 5.74) is 3.23. The maximum absolute atomic E-state index is 12.1. The van der Waals surface area contributed by atoms with Gasteiger partial charge in [-0.1, -0.05) is 41.9 Å². The maximum atomic E-state index is 12.1. The molecule has 0 fully saturated rings. The summed E-state index contributed by atoms with van der Waals surface area (Å²) in [6, 6.07) is 11.5. The van der Waals surface area contributed by atoms with Crippen LogP contribution in [0.25, 0.3) is 10.9 Å². The quantitative estimate of drug-likeness (QED) is 0.508. The Morgan fingerprint density at radius 3 is 2.68 bits per heavy atom. The molecule has 1 heterocycles. The molecular weight excluding hydrogens is 422 g/mol. The Morgan fingerprint density at radius 2 is 2.00 bits per heavy atom. The lowest BCUT2D eigenvalue weighted by atomic mass is 10.0. The van der Waals surface area contributed by atoms with Crippen LogP contribution < -0.4 is 4.74 Å². The van der Waals surface area contributed by atoms with E-state index < -0.39 is 5.91 Å². The van der Waals surface area contributed by atoms with Crippen LogP contribution in [0.4, 0.5) is 5.69 Å². The van der Waals surface area contributed by atoms with E-state index in [2.05, 4.69) is 46.1 Å². The molecule has 0 aliphatic heterocycles. The Labute approximate surface area is 172 Å². The van der Waals surface area contributed by atoms with Gasteiger partial charge in [0.15, 0.2) is 12.3 Å². The minimum atomic E-state index is -0.529. The van der Waals surface area contributed by atoms with Crippen molar-refractivity contribution in [3.05, 3.63) is 52.0 Å². The summed E-state index contributed by atoms with van der Waals surface area (Å²) in [5.74, 6) is 0.492. The Morgan fingerprint density at radius 1 is 1.25 bits per heavy atom. The van der Waals surface area contributed by atoms with Crippen molar-refractivity contribution < 1.29 is 14.6 Å². The molecule has 0 unspecified atom stereocenters. The van der Waals surface area contributed by atoms with Crippen molar-refractivity contribution >= 4 is 38.4 Å². The fourth-order valence-corrected chi connectivity index (χ4v) is 3.31. The highest BCUT2D eigenvalue weighted by molar-refractivity contribution is 9.10. The number of aromatic hydroxyl groups is 1. The summed E-state index contributed by atoms with van der Waals surface area (Å²) in [6.45, 7) is 5.97. The Balaban J connectivity index is 1.74. The van der Waals surface area contributed by atoms with Gasteiger partial charge in [0, 0.05) is 16.9 Å². The van der Waals surface area contributed by atoms with E-state index in [1.54, 1.807) is 11.6 Å². The number of benzene rings is 2.